The number of rotatable bonds is 12. The first-order chi connectivity index (χ1) is 16.6. The lowest BCUT2D eigenvalue weighted by molar-refractivity contribution is -0.132. The quantitative estimate of drug-likeness (QED) is 0.428. The Morgan fingerprint density at radius 1 is 0.971 bits per heavy atom. The van der Waals surface area contributed by atoms with Gasteiger partial charge in [-0.1, -0.05) is 36.4 Å². The molecule has 3 aromatic rings. The van der Waals surface area contributed by atoms with Gasteiger partial charge >= 0.3 is 6.03 Å². The van der Waals surface area contributed by atoms with Crippen LogP contribution in [-0.4, -0.2) is 73.7 Å². The fourth-order valence-corrected chi connectivity index (χ4v) is 3.91. The normalized spacial score (nSPS) is 10.8. The van der Waals surface area contributed by atoms with Crippen LogP contribution in [0.15, 0.2) is 54.7 Å². The van der Waals surface area contributed by atoms with Gasteiger partial charge in [-0.2, -0.15) is 0 Å². The molecule has 0 spiro atoms. The summed E-state index contributed by atoms with van der Waals surface area (Å²) in [6.45, 7) is 3.89. The SMILES string of the molecule is CCNC(=O)N(CCOC)CC(=O)N(CCc1c[nH]c2ccccc12)Cc1ccccc1OC. The summed E-state index contributed by atoms with van der Waals surface area (Å²) >= 11 is 0. The molecule has 0 aliphatic rings. The largest absolute Gasteiger partial charge is 0.496 e. The van der Waals surface area contributed by atoms with Crippen molar-refractivity contribution < 1.29 is 19.1 Å². The summed E-state index contributed by atoms with van der Waals surface area (Å²) in [7, 11) is 3.20. The minimum atomic E-state index is -0.276. The second kappa shape index (κ2) is 12.6. The van der Waals surface area contributed by atoms with Crippen LogP contribution in [-0.2, 0) is 22.5 Å². The van der Waals surface area contributed by atoms with Gasteiger partial charge in [-0.3, -0.25) is 4.79 Å². The van der Waals surface area contributed by atoms with Crippen molar-refractivity contribution in [1.29, 1.82) is 0 Å². The zero-order valence-electron chi connectivity index (χ0n) is 20.2. The number of methoxy groups -OCH3 is 2. The topological polar surface area (TPSA) is 86.9 Å². The lowest BCUT2D eigenvalue weighted by Gasteiger charge is -2.28. The third kappa shape index (κ3) is 6.51. The van der Waals surface area contributed by atoms with Gasteiger partial charge in [0.1, 0.15) is 12.3 Å². The molecule has 1 heterocycles. The van der Waals surface area contributed by atoms with Crippen molar-refractivity contribution in [2.45, 2.75) is 19.9 Å². The molecule has 34 heavy (non-hydrogen) atoms. The maximum Gasteiger partial charge on any atom is 0.317 e. The predicted molar refractivity (Wildman–Crippen MR) is 133 cm³/mol. The highest BCUT2D eigenvalue weighted by Crippen LogP contribution is 2.22. The van der Waals surface area contributed by atoms with Gasteiger partial charge in [-0.15, -0.1) is 0 Å². The van der Waals surface area contributed by atoms with Crippen LogP contribution >= 0.6 is 0 Å². The number of aromatic amines is 1. The lowest BCUT2D eigenvalue weighted by Crippen LogP contribution is -2.48. The van der Waals surface area contributed by atoms with Crippen LogP contribution in [0.1, 0.15) is 18.1 Å². The predicted octanol–water partition coefficient (Wildman–Crippen LogP) is 3.43. The summed E-state index contributed by atoms with van der Waals surface area (Å²) < 4.78 is 10.6. The van der Waals surface area contributed by atoms with Crippen LogP contribution in [0.2, 0.25) is 0 Å². The zero-order chi connectivity index (χ0) is 24.3. The van der Waals surface area contributed by atoms with Crippen LogP contribution in [0.25, 0.3) is 10.9 Å². The van der Waals surface area contributed by atoms with Gasteiger partial charge in [0.25, 0.3) is 0 Å². The number of benzene rings is 2. The van der Waals surface area contributed by atoms with Crippen LogP contribution < -0.4 is 10.1 Å². The number of aromatic nitrogens is 1. The van der Waals surface area contributed by atoms with E-state index in [1.54, 1.807) is 19.1 Å². The minimum Gasteiger partial charge on any atom is -0.496 e. The molecule has 2 aromatic carbocycles. The summed E-state index contributed by atoms with van der Waals surface area (Å²) in [4.78, 5) is 32.6. The van der Waals surface area contributed by atoms with Crippen molar-refractivity contribution in [2.24, 2.45) is 0 Å². The number of nitrogens with zero attached hydrogens (tertiary/aromatic N) is 2. The summed E-state index contributed by atoms with van der Waals surface area (Å²) in [6, 6.07) is 15.5. The van der Waals surface area contributed by atoms with Crippen molar-refractivity contribution in [1.82, 2.24) is 20.1 Å². The molecule has 182 valence electrons. The van der Waals surface area contributed by atoms with Crippen LogP contribution in [0.5, 0.6) is 5.75 Å². The van der Waals surface area contributed by atoms with Gasteiger partial charge in [0.2, 0.25) is 5.91 Å². The number of H-pyrrole nitrogens is 1. The van der Waals surface area contributed by atoms with Crippen molar-refractivity contribution in [3.05, 3.63) is 65.9 Å². The molecule has 0 aliphatic carbocycles. The third-order valence-corrected chi connectivity index (χ3v) is 5.74. The van der Waals surface area contributed by atoms with E-state index in [-0.39, 0.29) is 18.5 Å². The highest BCUT2D eigenvalue weighted by atomic mass is 16.5. The fourth-order valence-electron chi connectivity index (χ4n) is 3.91. The average molecular weight is 467 g/mol. The van der Waals surface area contributed by atoms with Crippen molar-refractivity contribution >= 4 is 22.8 Å². The van der Waals surface area contributed by atoms with Gasteiger partial charge in [0.05, 0.1) is 13.7 Å². The minimum absolute atomic E-state index is 0.0295. The fraction of sp³-hybridized carbons (Fsp3) is 0.385. The first kappa shape index (κ1) is 25.1. The van der Waals surface area contributed by atoms with Crippen LogP contribution in [0, 0.1) is 0 Å². The van der Waals surface area contributed by atoms with Gasteiger partial charge in [-0.25, -0.2) is 4.79 Å². The number of nitrogens with one attached hydrogen (secondary N) is 2. The van der Waals surface area contributed by atoms with Crippen LogP contribution in [0.4, 0.5) is 4.79 Å². The maximum atomic E-state index is 13.5. The number of carbonyl (C=O) groups is 2. The van der Waals surface area contributed by atoms with E-state index >= 15 is 0 Å². The highest BCUT2D eigenvalue weighted by molar-refractivity contribution is 5.85. The summed E-state index contributed by atoms with van der Waals surface area (Å²) in [6.07, 6.45) is 2.68. The average Bonchev–Trinajstić information content (AvgIpc) is 3.27. The molecular weight excluding hydrogens is 432 g/mol. The van der Waals surface area contributed by atoms with Crippen molar-refractivity contribution in [3.8, 4) is 5.75 Å². The van der Waals surface area contributed by atoms with E-state index in [0.717, 1.165) is 27.8 Å². The number of fused-ring (bicyclic) bond motifs is 1. The highest BCUT2D eigenvalue weighted by Gasteiger charge is 2.22. The standard InChI is InChI=1S/C26H34N4O4/c1-4-27-26(32)30(15-16-33-2)19-25(31)29(18-21-9-5-8-12-24(21)34-3)14-13-20-17-28-23-11-7-6-10-22(20)23/h5-12,17,28H,4,13-16,18-19H2,1-3H3,(H,27,32). The van der Waals surface area contributed by atoms with E-state index in [0.29, 0.717) is 39.2 Å². The molecule has 0 saturated carbocycles. The molecule has 2 N–H and O–H groups in total. The summed E-state index contributed by atoms with van der Waals surface area (Å²) in [5.41, 5.74) is 3.13. The molecule has 1 aromatic heterocycles. The Hall–Kier alpha value is -3.52. The maximum absolute atomic E-state index is 13.5. The van der Waals surface area contributed by atoms with E-state index in [1.807, 2.05) is 55.6 Å². The number of carbonyl (C=O) groups excluding carboxylic acids is 2. The Balaban J connectivity index is 1.80. The third-order valence-electron chi connectivity index (χ3n) is 5.74. The monoisotopic (exact) mass is 466 g/mol. The van der Waals surface area contributed by atoms with E-state index in [9.17, 15) is 9.59 Å². The number of para-hydroxylation sites is 2. The molecule has 0 bridgehead atoms. The number of amides is 3. The molecule has 0 radical (unpaired) electrons. The number of ether oxygens (including phenoxy) is 2. The summed E-state index contributed by atoms with van der Waals surface area (Å²) in [5, 5.41) is 3.93. The molecule has 0 atom stereocenters. The Labute approximate surface area is 200 Å². The first-order valence-corrected chi connectivity index (χ1v) is 11.5. The molecule has 0 unspecified atom stereocenters. The van der Waals surface area contributed by atoms with Gasteiger partial charge in [-0.05, 0) is 31.0 Å². The Bertz CT molecular complexity index is 1080. The number of hydrogen-bond donors (Lipinski definition) is 2. The van der Waals surface area contributed by atoms with Gasteiger partial charge in [0.15, 0.2) is 0 Å². The smallest absolute Gasteiger partial charge is 0.317 e. The lowest BCUT2D eigenvalue weighted by atomic mass is 10.1. The Kier molecular flexibility index (Phi) is 9.34. The van der Waals surface area contributed by atoms with Gasteiger partial charge < -0.3 is 29.6 Å². The number of hydrogen-bond acceptors (Lipinski definition) is 4. The number of urea groups is 1. The molecule has 0 fully saturated rings. The molecule has 0 saturated heterocycles. The molecule has 0 aliphatic heterocycles. The molecule has 3 amide bonds. The van der Waals surface area contributed by atoms with E-state index in [1.165, 1.54) is 4.90 Å². The molecule has 3 rings (SSSR count). The summed E-state index contributed by atoms with van der Waals surface area (Å²) in [5.74, 6) is 0.598. The van der Waals surface area contributed by atoms with Crippen molar-refractivity contribution in [2.75, 3.05) is 47.0 Å². The van der Waals surface area contributed by atoms with E-state index in [4.69, 9.17) is 9.47 Å². The van der Waals surface area contributed by atoms with E-state index in [2.05, 4.69) is 16.4 Å². The Morgan fingerprint density at radius 3 is 2.50 bits per heavy atom. The van der Waals surface area contributed by atoms with E-state index < -0.39 is 0 Å². The molecular formula is C26H34N4O4. The van der Waals surface area contributed by atoms with Crippen molar-refractivity contribution in [3.63, 3.8) is 0 Å². The Morgan fingerprint density at radius 2 is 1.74 bits per heavy atom. The zero-order valence-corrected chi connectivity index (χ0v) is 20.2. The molecule has 8 heteroatoms. The molecule has 8 nitrogen and oxygen atoms in total. The second-order valence-corrected chi connectivity index (χ2v) is 7.99. The first-order valence-electron chi connectivity index (χ1n) is 11.5. The van der Waals surface area contributed by atoms with Gasteiger partial charge in [0, 0.05) is 56.0 Å². The second-order valence-electron chi connectivity index (χ2n) is 7.99. The van der Waals surface area contributed by atoms with Crippen LogP contribution in [0.3, 0.4) is 0 Å².